The van der Waals surface area contributed by atoms with Crippen LogP contribution in [0.25, 0.3) is 0 Å². The third-order valence-electron chi connectivity index (χ3n) is 10.1. The molecule has 4 aliphatic rings. The molecule has 4 aromatic carbocycles. The maximum atomic E-state index is 12.7. The number of nitrogens with one attached hydrogen (secondary N) is 2. The summed E-state index contributed by atoms with van der Waals surface area (Å²) in [4.78, 5) is 29.9. The molecule has 0 saturated carbocycles. The van der Waals surface area contributed by atoms with Gasteiger partial charge in [0.25, 0.3) is 11.8 Å². The summed E-state index contributed by atoms with van der Waals surface area (Å²) in [5, 5.41) is 6.22. The Morgan fingerprint density at radius 3 is 1.40 bits per heavy atom. The van der Waals surface area contributed by atoms with E-state index in [4.69, 9.17) is 30.4 Å². The lowest BCUT2D eigenvalue weighted by Gasteiger charge is -2.44. The second kappa shape index (κ2) is 14.5. The zero-order valence-corrected chi connectivity index (χ0v) is 32.3. The molecule has 52 heavy (non-hydrogen) atoms. The minimum absolute atomic E-state index is 0.0510. The molecule has 0 saturated heterocycles. The van der Waals surface area contributed by atoms with Crippen molar-refractivity contribution in [3.8, 4) is 23.0 Å². The Hall–Kier alpha value is -4.50. The molecule has 4 aromatic rings. The van der Waals surface area contributed by atoms with Crippen molar-refractivity contribution >= 4 is 55.0 Å². The molecule has 8 rings (SSSR count). The summed E-state index contributed by atoms with van der Waals surface area (Å²) < 4.78 is 23.3. The summed E-state index contributed by atoms with van der Waals surface area (Å²) in [6.45, 7) is 1.53. The topological polar surface area (TPSA) is 154 Å². The number of ether oxygens (including phenoxy) is 4. The van der Waals surface area contributed by atoms with Crippen molar-refractivity contribution in [2.75, 3.05) is 51.3 Å². The Labute approximate surface area is 319 Å². The number of rotatable bonds is 6. The van der Waals surface area contributed by atoms with Crippen molar-refractivity contribution in [3.63, 3.8) is 0 Å². The van der Waals surface area contributed by atoms with E-state index in [2.05, 4.69) is 52.3 Å². The van der Waals surface area contributed by atoms with Gasteiger partial charge in [0.1, 0.15) is 12.3 Å². The zero-order chi connectivity index (χ0) is 36.8. The first kappa shape index (κ1) is 35.9. The van der Waals surface area contributed by atoms with Crippen LogP contribution in [0.4, 0.5) is 11.4 Å². The number of anilines is 2. The number of nitrogens with zero attached hydrogens (tertiary/aromatic N) is 2. The number of methoxy groups -OCH3 is 4. The predicted octanol–water partition coefficient (Wildman–Crippen LogP) is 6.24. The number of carbonyl (C=O) groups is 2. The van der Waals surface area contributed by atoms with Crippen molar-refractivity contribution in [2.45, 2.75) is 37.3 Å². The van der Waals surface area contributed by atoms with Gasteiger partial charge in [-0.05, 0) is 103 Å². The second-order valence-corrected chi connectivity index (χ2v) is 14.6. The Bertz CT molecular complexity index is 1920. The smallest absolute Gasteiger partial charge is 0.255 e. The SMILES string of the molecule is COc1cc([C@@H]2NC(=O)c3cccc4c3N2CC[C@H]4N)cc(Br)c1OC.COc1cc([C@H]2NC(=O)c3cccc4c3N2CC[C@@H]4N)cc(Br)c1OC. The van der Waals surface area contributed by atoms with Gasteiger partial charge in [-0.15, -0.1) is 0 Å². The van der Waals surface area contributed by atoms with Gasteiger partial charge in [-0.1, -0.05) is 24.3 Å². The number of para-hydroxylation sites is 2. The van der Waals surface area contributed by atoms with Crippen molar-refractivity contribution in [2.24, 2.45) is 11.5 Å². The fraction of sp³-hybridized carbons (Fsp3) is 0.316. The van der Waals surface area contributed by atoms with E-state index in [1.54, 1.807) is 28.4 Å². The fourth-order valence-electron chi connectivity index (χ4n) is 7.61. The number of hydrogen-bond donors (Lipinski definition) is 4. The van der Waals surface area contributed by atoms with Crippen LogP contribution in [0.1, 0.15) is 80.2 Å². The van der Waals surface area contributed by atoms with Gasteiger partial charge in [-0.25, -0.2) is 0 Å². The lowest BCUT2D eigenvalue weighted by Crippen LogP contribution is -2.49. The van der Waals surface area contributed by atoms with Crippen LogP contribution in [0.15, 0.2) is 69.6 Å². The summed E-state index contributed by atoms with van der Waals surface area (Å²) in [6.07, 6.45) is 1.08. The number of halogens is 2. The highest BCUT2D eigenvalue weighted by Gasteiger charge is 2.39. The lowest BCUT2D eigenvalue weighted by atomic mass is 9.90. The number of nitrogens with two attached hydrogens (primary N) is 2. The van der Waals surface area contributed by atoms with Crippen LogP contribution < -0.4 is 50.8 Å². The average Bonchev–Trinajstić information content (AvgIpc) is 3.15. The van der Waals surface area contributed by atoms with Crippen molar-refractivity contribution in [1.82, 2.24) is 10.6 Å². The van der Waals surface area contributed by atoms with Gasteiger partial charge in [0.2, 0.25) is 0 Å². The van der Waals surface area contributed by atoms with Crippen molar-refractivity contribution in [1.29, 1.82) is 0 Å². The standard InChI is InChI=1S/2C19H20BrN3O3/c2*1-25-15-9-10(8-13(20)17(15)26-2)18-22-19(24)12-5-3-4-11-14(21)6-7-23(18)16(11)12/h2*3-5,8-9,14,18H,6-7,21H2,1-2H3,(H,22,24)/t2*14-,18-/m10/s1. The Balaban J connectivity index is 0.000000162. The molecule has 0 radical (unpaired) electrons. The van der Waals surface area contributed by atoms with Crippen LogP contribution in [0.2, 0.25) is 0 Å². The highest BCUT2D eigenvalue weighted by molar-refractivity contribution is 9.11. The third kappa shape index (κ3) is 6.10. The maximum Gasteiger partial charge on any atom is 0.255 e. The molecular formula is C38H40Br2N6O6. The maximum absolute atomic E-state index is 12.7. The van der Waals surface area contributed by atoms with Crippen LogP contribution >= 0.6 is 31.9 Å². The predicted molar refractivity (Wildman–Crippen MR) is 206 cm³/mol. The number of benzene rings is 4. The highest BCUT2D eigenvalue weighted by atomic mass is 79.9. The molecule has 0 unspecified atom stereocenters. The minimum Gasteiger partial charge on any atom is -0.493 e. The highest BCUT2D eigenvalue weighted by Crippen LogP contribution is 2.46. The van der Waals surface area contributed by atoms with Crippen LogP contribution in [0, 0.1) is 0 Å². The van der Waals surface area contributed by atoms with Gasteiger partial charge in [0, 0.05) is 25.2 Å². The summed E-state index contributed by atoms with van der Waals surface area (Å²) in [5.41, 5.74) is 19.7. The molecule has 4 aliphatic heterocycles. The van der Waals surface area contributed by atoms with E-state index in [0.717, 1.165) is 68.5 Å². The van der Waals surface area contributed by atoms with Gasteiger partial charge in [0.05, 0.1) is 59.9 Å². The Morgan fingerprint density at radius 1 is 0.635 bits per heavy atom. The molecule has 14 heteroatoms. The van der Waals surface area contributed by atoms with E-state index in [-0.39, 0.29) is 36.2 Å². The second-order valence-electron chi connectivity index (χ2n) is 12.9. The number of amides is 2. The quantitative estimate of drug-likeness (QED) is 0.176. The van der Waals surface area contributed by atoms with Crippen LogP contribution in [0.3, 0.4) is 0 Å². The first-order valence-corrected chi connectivity index (χ1v) is 18.4. The third-order valence-corrected chi connectivity index (χ3v) is 11.2. The monoisotopic (exact) mass is 834 g/mol. The van der Waals surface area contributed by atoms with Gasteiger partial charge >= 0.3 is 0 Å². The average molecular weight is 837 g/mol. The van der Waals surface area contributed by atoms with E-state index in [1.807, 2.05) is 60.7 Å². The Kier molecular flexibility index (Phi) is 10.0. The van der Waals surface area contributed by atoms with E-state index >= 15 is 0 Å². The first-order valence-electron chi connectivity index (χ1n) is 16.8. The van der Waals surface area contributed by atoms with Crippen molar-refractivity contribution in [3.05, 3.63) is 103 Å². The zero-order valence-electron chi connectivity index (χ0n) is 29.2. The minimum atomic E-state index is -0.292. The molecule has 0 spiro atoms. The summed E-state index contributed by atoms with van der Waals surface area (Å²) >= 11 is 7.07. The molecular weight excluding hydrogens is 796 g/mol. The van der Waals surface area contributed by atoms with Crippen molar-refractivity contribution < 1.29 is 28.5 Å². The van der Waals surface area contributed by atoms with Crippen LogP contribution in [0.5, 0.6) is 23.0 Å². The molecule has 272 valence electrons. The molecule has 0 bridgehead atoms. The van der Waals surface area contributed by atoms with E-state index in [0.29, 0.717) is 34.1 Å². The van der Waals surface area contributed by atoms with Crippen LogP contribution in [-0.4, -0.2) is 53.3 Å². The largest absolute Gasteiger partial charge is 0.493 e. The first-order chi connectivity index (χ1) is 25.1. The Morgan fingerprint density at radius 2 is 1.04 bits per heavy atom. The number of carbonyl (C=O) groups excluding carboxylic acids is 2. The van der Waals surface area contributed by atoms with Crippen LogP contribution in [-0.2, 0) is 0 Å². The normalized spacial score (nSPS) is 21.1. The van der Waals surface area contributed by atoms with E-state index < -0.39 is 0 Å². The summed E-state index contributed by atoms with van der Waals surface area (Å²) in [7, 11) is 6.39. The van der Waals surface area contributed by atoms with Gasteiger partial charge < -0.3 is 50.8 Å². The lowest BCUT2D eigenvalue weighted by molar-refractivity contribution is 0.0916. The molecule has 6 N–H and O–H groups in total. The molecule has 0 aromatic heterocycles. The molecule has 0 aliphatic carbocycles. The molecule has 0 fully saturated rings. The molecule has 4 atom stereocenters. The van der Waals surface area contributed by atoms with E-state index in [1.165, 1.54) is 0 Å². The molecule has 2 amide bonds. The van der Waals surface area contributed by atoms with Gasteiger partial charge in [-0.2, -0.15) is 0 Å². The fourth-order valence-corrected chi connectivity index (χ4v) is 8.86. The van der Waals surface area contributed by atoms with E-state index in [9.17, 15) is 9.59 Å². The molecule has 4 heterocycles. The van der Waals surface area contributed by atoms with Gasteiger partial charge in [0.15, 0.2) is 23.0 Å². The summed E-state index contributed by atoms with van der Waals surface area (Å²) in [6, 6.07) is 19.1. The molecule has 12 nitrogen and oxygen atoms in total. The number of hydrogen-bond acceptors (Lipinski definition) is 10. The summed E-state index contributed by atoms with van der Waals surface area (Å²) in [5.74, 6) is 2.28. The van der Waals surface area contributed by atoms with Gasteiger partial charge in [-0.3, -0.25) is 9.59 Å².